The zero-order valence-electron chi connectivity index (χ0n) is 9.38. The number of ether oxygens (including phenoxy) is 2. The lowest BCUT2D eigenvalue weighted by molar-refractivity contribution is -0.00461. The number of likely N-dealkylation sites (tertiary alicyclic amines) is 1. The van der Waals surface area contributed by atoms with Crippen LogP contribution in [0.25, 0.3) is 0 Å². The van der Waals surface area contributed by atoms with E-state index in [1.165, 1.54) is 11.3 Å². The van der Waals surface area contributed by atoms with Crippen molar-refractivity contribution in [3.63, 3.8) is 0 Å². The van der Waals surface area contributed by atoms with Gasteiger partial charge < -0.3 is 14.4 Å². The molecule has 2 atom stereocenters. The zero-order valence-corrected chi connectivity index (χ0v) is 10.2. The SMILES string of the molecule is COC1CN(C(=O)c2cccs2)CC1OC. The lowest BCUT2D eigenvalue weighted by Gasteiger charge is -2.14. The van der Waals surface area contributed by atoms with Gasteiger partial charge in [0, 0.05) is 27.3 Å². The van der Waals surface area contributed by atoms with Gasteiger partial charge >= 0.3 is 0 Å². The van der Waals surface area contributed by atoms with Crippen LogP contribution < -0.4 is 0 Å². The maximum absolute atomic E-state index is 12.1. The fraction of sp³-hybridized carbons (Fsp3) is 0.545. The number of thiophene rings is 1. The Labute approximate surface area is 98.8 Å². The summed E-state index contributed by atoms with van der Waals surface area (Å²) < 4.78 is 10.6. The molecule has 1 saturated heterocycles. The Morgan fingerprint density at radius 2 is 2.00 bits per heavy atom. The van der Waals surface area contributed by atoms with Gasteiger partial charge in [-0.05, 0) is 11.4 Å². The molecule has 88 valence electrons. The Morgan fingerprint density at radius 3 is 2.44 bits per heavy atom. The highest BCUT2D eigenvalue weighted by Gasteiger charge is 2.35. The van der Waals surface area contributed by atoms with Gasteiger partial charge in [0.1, 0.15) is 12.2 Å². The summed E-state index contributed by atoms with van der Waals surface area (Å²) >= 11 is 1.46. The van der Waals surface area contributed by atoms with Crippen molar-refractivity contribution in [2.75, 3.05) is 27.3 Å². The number of carbonyl (C=O) groups excluding carboxylic acids is 1. The molecule has 2 unspecified atom stereocenters. The second-order valence-electron chi connectivity index (χ2n) is 3.74. The average molecular weight is 241 g/mol. The van der Waals surface area contributed by atoms with Crippen LogP contribution in [0, 0.1) is 0 Å². The molecule has 0 spiro atoms. The minimum atomic E-state index is -0.0195. The monoisotopic (exact) mass is 241 g/mol. The molecule has 0 aromatic carbocycles. The molecule has 5 heteroatoms. The Kier molecular flexibility index (Phi) is 3.58. The topological polar surface area (TPSA) is 38.8 Å². The van der Waals surface area contributed by atoms with Gasteiger partial charge in [0.05, 0.1) is 4.88 Å². The van der Waals surface area contributed by atoms with Crippen molar-refractivity contribution in [3.05, 3.63) is 22.4 Å². The van der Waals surface area contributed by atoms with Gasteiger partial charge in [-0.15, -0.1) is 11.3 Å². The van der Waals surface area contributed by atoms with E-state index in [-0.39, 0.29) is 18.1 Å². The average Bonchev–Trinajstić information content (AvgIpc) is 2.96. The highest BCUT2D eigenvalue weighted by molar-refractivity contribution is 7.12. The normalized spacial score (nSPS) is 25.0. The van der Waals surface area contributed by atoms with Gasteiger partial charge in [-0.1, -0.05) is 6.07 Å². The van der Waals surface area contributed by atoms with E-state index in [4.69, 9.17) is 9.47 Å². The number of hydrogen-bond donors (Lipinski definition) is 0. The molecular weight excluding hydrogens is 226 g/mol. The number of rotatable bonds is 3. The number of nitrogens with zero attached hydrogens (tertiary/aromatic N) is 1. The first-order valence-electron chi connectivity index (χ1n) is 5.14. The van der Waals surface area contributed by atoms with Crippen LogP contribution in [0.1, 0.15) is 9.67 Å². The molecule has 0 saturated carbocycles. The smallest absolute Gasteiger partial charge is 0.264 e. The van der Waals surface area contributed by atoms with Gasteiger partial charge in [0.2, 0.25) is 0 Å². The summed E-state index contributed by atoms with van der Waals surface area (Å²) in [6.07, 6.45) is -0.0391. The van der Waals surface area contributed by atoms with Crippen LogP contribution in [0.5, 0.6) is 0 Å². The predicted molar refractivity (Wildman–Crippen MR) is 61.8 cm³/mol. The van der Waals surface area contributed by atoms with E-state index in [1.807, 2.05) is 17.5 Å². The van der Waals surface area contributed by atoms with Crippen molar-refractivity contribution < 1.29 is 14.3 Å². The van der Waals surface area contributed by atoms with Gasteiger partial charge in [0.25, 0.3) is 5.91 Å². The van der Waals surface area contributed by atoms with E-state index < -0.39 is 0 Å². The van der Waals surface area contributed by atoms with Crippen LogP contribution in [-0.4, -0.2) is 50.3 Å². The predicted octanol–water partition coefficient (Wildman–Crippen LogP) is 1.23. The molecule has 1 amide bonds. The van der Waals surface area contributed by atoms with Crippen LogP contribution in [0.3, 0.4) is 0 Å². The first-order chi connectivity index (χ1) is 7.76. The van der Waals surface area contributed by atoms with Crippen molar-refractivity contribution in [2.45, 2.75) is 12.2 Å². The summed E-state index contributed by atoms with van der Waals surface area (Å²) in [4.78, 5) is 14.6. The molecule has 1 fully saturated rings. The van der Waals surface area contributed by atoms with Crippen molar-refractivity contribution in [1.29, 1.82) is 0 Å². The van der Waals surface area contributed by atoms with Gasteiger partial charge in [-0.2, -0.15) is 0 Å². The molecule has 0 aliphatic carbocycles. The Morgan fingerprint density at radius 1 is 1.38 bits per heavy atom. The molecule has 1 aromatic rings. The maximum Gasteiger partial charge on any atom is 0.264 e. The first kappa shape index (κ1) is 11.6. The summed E-state index contributed by atoms with van der Waals surface area (Å²) in [6.45, 7) is 1.21. The number of hydrogen-bond acceptors (Lipinski definition) is 4. The quantitative estimate of drug-likeness (QED) is 0.799. The Balaban J connectivity index is 2.05. The van der Waals surface area contributed by atoms with Crippen molar-refractivity contribution in [1.82, 2.24) is 4.90 Å². The first-order valence-corrected chi connectivity index (χ1v) is 6.02. The van der Waals surface area contributed by atoms with Crippen LogP contribution in [0.2, 0.25) is 0 Å². The molecule has 16 heavy (non-hydrogen) atoms. The van der Waals surface area contributed by atoms with E-state index in [0.717, 1.165) is 4.88 Å². The summed E-state index contributed by atoms with van der Waals surface area (Å²) in [5.41, 5.74) is 0. The van der Waals surface area contributed by atoms with Crippen LogP contribution in [-0.2, 0) is 9.47 Å². The molecule has 0 radical (unpaired) electrons. The second kappa shape index (κ2) is 4.95. The van der Waals surface area contributed by atoms with Crippen molar-refractivity contribution >= 4 is 17.2 Å². The molecule has 4 nitrogen and oxygen atoms in total. The Bertz CT molecular complexity index is 340. The minimum Gasteiger partial charge on any atom is -0.377 e. The third-order valence-corrected chi connectivity index (χ3v) is 3.70. The molecule has 1 aromatic heterocycles. The Hall–Kier alpha value is -0.910. The summed E-state index contributed by atoms with van der Waals surface area (Å²) in [7, 11) is 3.30. The summed E-state index contributed by atoms with van der Waals surface area (Å²) in [5, 5.41) is 1.91. The largest absolute Gasteiger partial charge is 0.377 e. The maximum atomic E-state index is 12.1. The van der Waals surface area contributed by atoms with Crippen LogP contribution in [0.4, 0.5) is 0 Å². The van der Waals surface area contributed by atoms with E-state index in [0.29, 0.717) is 13.1 Å². The van der Waals surface area contributed by atoms with Gasteiger partial charge in [0.15, 0.2) is 0 Å². The third-order valence-electron chi connectivity index (χ3n) is 2.84. The van der Waals surface area contributed by atoms with E-state index in [1.54, 1.807) is 19.1 Å². The molecule has 2 heterocycles. The standard InChI is InChI=1S/C11H15NO3S/c1-14-8-6-12(7-9(8)15-2)11(13)10-4-3-5-16-10/h3-5,8-9H,6-7H2,1-2H3. The van der Waals surface area contributed by atoms with E-state index in [2.05, 4.69) is 0 Å². The lowest BCUT2D eigenvalue weighted by Crippen LogP contribution is -2.29. The van der Waals surface area contributed by atoms with Crippen molar-refractivity contribution in [2.24, 2.45) is 0 Å². The highest BCUT2D eigenvalue weighted by Crippen LogP contribution is 2.20. The fourth-order valence-electron chi connectivity index (χ4n) is 1.92. The van der Waals surface area contributed by atoms with Gasteiger partial charge in [-0.3, -0.25) is 4.79 Å². The van der Waals surface area contributed by atoms with Gasteiger partial charge in [-0.25, -0.2) is 0 Å². The molecule has 1 aliphatic rings. The van der Waals surface area contributed by atoms with Crippen LogP contribution >= 0.6 is 11.3 Å². The molecule has 2 rings (SSSR count). The summed E-state index contributed by atoms with van der Waals surface area (Å²) in [6, 6.07) is 3.73. The second-order valence-corrected chi connectivity index (χ2v) is 4.68. The molecule has 0 N–H and O–H groups in total. The fourth-order valence-corrected chi connectivity index (χ4v) is 2.61. The molecule has 1 aliphatic heterocycles. The highest BCUT2D eigenvalue weighted by atomic mass is 32.1. The molecular formula is C11H15NO3S. The van der Waals surface area contributed by atoms with Crippen LogP contribution in [0.15, 0.2) is 17.5 Å². The van der Waals surface area contributed by atoms with Crippen molar-refractivity contribution in [3.8, 4) is 0 Å². The minimum absolute atomic E-state index is 0.0195. The third kappa shape index (κ3) is 2.11. The number of methoxy groups -OCH3 is 2. The lowest BCUT2D eigenvalue weighted by atomic mass is 10.3. The van der Waals surface area contributed by atoms with E-state index in [9.17, 15) is 4.79 Å². The molecule has 0 bridgehead atoms. The number of amides is 1. The zero-order chi connectivity index (χ0) is 11.5. The number of carbonyl (C=O) groups is 1. The summed E-state index contributed by atoms with van der Waals surface area (Å²) in [5.74, 6) is 0.0663. The van der Waals surface area contributed by atoms with E-state index >= 15 is 0 Å².